The number of nitrogens with zero attached hydrogens (tertiary/aromatic N) is 6. The van der Waals surface area contributed by atoms with Crippen LogP contribution in [0.25, 0.3) is 33.7 Å². The number of carbonyl (C=O) groups is 1. The molecule has 1 aromatic carbocycles. The summed E-state index contributed by atoms with van der Waals surface area (Å²) in [6.07, 6.45) is 9.10. The number of imidazole rings is 1. The second-order valence-electron chi connectivity index (χ2n) is 10.4. The lowest BCUT2D eigenvalue weighted by molar-refractivity contribution is 0.100. The van der Waals surface area contributed by atoms with Crippen molar-refractivity contribution in [3.05, 3.63) is 78.8 Å². The zero-order valence-electron chi connectivity index (χ0n) is 21.6. The zero-order valence-corrected chi connectivity index (χ0v) is 21.6. The van der Waals surface area contributed by atoms with Crippen molar-refractivity contribution in [3.8, 4) is 22.6 Å². The number of rotatable bonds is 6. The molecule has 0 aliphatic carbocycles. The monoisotopic (exact) mass is 494 g/mol. The number of anilines is 1. The first-order chi connectivity index (χ1) is 17.6. The fourth-order valence-corrected chi connectivity index (χ4v) is 4.36. The van der Waals surface area contributed by atoms with E-state index in [4.69, 9.17) is 15.8 Å². The van der Waals surface area contributed by atoms with Gasteiger partial charge in [-0.25, -0.2) is 14.6 Å². The van der Waals surface area contributed by atoms with Crippen molar-refractivity contribution in [1.29, 1.82) is 0 Å². The van der Waals surface area contributed by atoms with Crippen LogP contribution >= 0.6 is 0 Å². The molecule has 1 amide bonds. The molecule has 4 heterocycles. The third kappa shape index (κ3) is 4.67. The highest BCUT2D eigenvalue weighted by molar-refractivity contribution is 5.99. The fraction of sp³-hybridized carbons (Fsp3) is 0.250. The van der Waals surface area contributed by atoms with E-state index in [0.29, 0.717) is 16.9 Å². The van der Waals surface area contributed by atoms with Crippen molar-refractivity contribution in [3.63, 3.8) is 0 Å². The number of benzene rings is 1. The van der Waals surface area contributed by atoms with Crippen LogP contribution in [-0.4, -0.2) is 40.7 Å². The number of nitrogens with two attached hydrogens (primary N) is 1. The Labute approximate surface area is 215 Å². The number of hydrogen-bond donors (Lipinski definition) is 2. The molecule has 0 aliphatic rings. The van der Waals surface area contributed by atoms with Gasteiger partial charge in [-0.15, -0.1) is 0 Å². The Morgan fingerprint density at radius 1 is 1.08 bits per heavy atom. The van der Waals surface area contributed by atoms with Gasteiger partial charge < -0.3 is 15.6 Å². The quantitative estimate of drug-likeness (QED) is 0.339. The van der Waals surface area contributed by atoms with Crippen LogP contribution in [0.2, 0.25) is 0 Å². The lowest BCUT2D eigenvalue weighted by Crippen LogP contribution is -2.28. The molecule has 37 heavy (non-hydrogen) atoms. The summed E-state index contributed by atoms with van der Waals surface area (Å²) in [5, 5.41) is 9.32. The maximum atomic E-state index is 12.1. The minimum absolute atomic E-state index is 0.144. The van der Waals surface area contributed by atoms with Crippen LogP contribution in [0.4, 0.5) is 5.69 Å². The lowest BCUT2D eigenvalue weighted by Gasteiger charge is -2.24. The molecule has 0 aliphatic heterocycles. The molecule has 9 nitrogen and oxygen atoms in total. The van der Waals surface area contributed by atoms with Crippen molar-refractivity contribution in [2.45, 2.75) is 46.1 Å². The van der Waals surface area contributed by atoms with E-state index in [1.807, 2.05) is 66.5 Å². The van der Waals surface area contributed by atoms with Gasteiger partial charge in [-0.2, -0.15) is 5.10 Å². The molecule has 3 N–H and O–H groups in total. The minimum Gasteiger partial charge on any atom is -0.380 e. The number of aromatic nitrogens is 6. The maximum Gasteiger partial charge on any atom is 0.250 e. The van der Waals surface area contributed by atoms with Crippen LogP contribution in [0.15, 0.2) is 67.5 Å². The molecule has 0 atom stereocenters. The molecule has 0 bridgehead atoms. The van der Waals surface area contributed by atoms with Gasteiger partial charge in [-0.05, 0) is 63.1 Å². The Hall–Kier alpha value is -4.53. The molecular weight excluding hydrogens is 464 g/mol. The first kappa shape index (κ1) is 24.2. The Kier molecular flexibility index (Phi) is 5.99. The smallest absolute Gasteiger partial charge is 0.250 e. The van der Waals surface area contributed by atoms with E-state index in [-0.39, 0.29) is 11.5 Å². The number of hydrogen-bond acceptors (Lipinski definition) is 6. The first-order valence-corrected chi connectivity index (χ1v) is 12.2. The number of carbonyl (C=O) groups excluding carboxylic acids is 1. The van der Waals surface area contributed by atoms with Crippen molar-refractivity contribution < 1.29 is 4.79 Å². The molecule has 0 saturated heterocycles. The van der Waals surface area contributed by atoms with Gasteiger partial charge >= 0.3 is 0 Å². The van der Waals surface area contributed by atoms with Crippen molar-refractivity contribution in [2.24, 2.45) is 5.73 Å². The van der Waals surface area contributed by atoms with E-state index in [2.05, 4.69) is 29.1 Å². The molecule has 5 aromatic rings. The van der Waals surface area contributed by atoms with Gasteiger partial charge in [0.1, 0.15) is 0 Å². The third-order valence-corrected chi connectivity index (χ3v) is 5.96. The van der Waals surface area contributed by atoms with E-state index in [1.54, 1.807) is 31.0 Å². The van der Waals surface area contributed by atoms with Crippen molar-refractivity contribution in [2.75, 3.05) is 5.32 Å². The van der Waals surface area contributed by atoms with Gasteiger partial charge in [-0.3, -0.25) is 9.78 Å². The van der Waals surface area contributed by atoms with Crippen LogP contribution in [0.3, 0.4) is 0 Å². The Morgan fingerprint density at radius 2 is 1.89 bits per heavy atom. The minimum atomic E-state index is -0.489. The number of amides is 1. The second kappa shape index (κ2) is 9.16. The Balaban J connectivity index is 1.68. The van der Waals surface area contributed by atoms with E-state index in [0.717, 1.165) is 33.7 Å². The van der Waals surface area contributed by atoms with Gasteiger partial charge in [0.05, 0.1) is 40.0 Å². The highest BCUT2D eigenvalue weighted by atomic mass is 16.1. The number of fused-ring (bicyclic) bond motifs is 1. The molecule has 188 valence electrons. The summed E-state index contributed by atoms with van der Waals surface area (Å²) in [7, 11) is 0. The van der Waals surface area contributed by atoms with E-state index < -0.39 is 5.91 Å². The van der Waals surface area contributed by atoms with Gasteiger partial charge in [-0.1, -0.05) is 13.8 Å². The topological polar surface area (TPSA) is 117 Å². The third-order valence-electron chi connectivity index (χ3n) is 5.96. The molecule has 4 aromatic heterocycles. The Morgan fingerprint density at radius 3 is 2.57 bits per heavy atom. The molecule has 0 radical (unpaired) electrons. The van der Waals surface area contributed by atoms with Gasteiger partial charge in [0.15, 0.2) is 5.65 Å². The summed E-state index contributed by atoms with van der Waals surface area (Å²) >= 11 is 0. The molecule has 0 saturated carbocycles. The second-order valence-corrected chi connectivity index (χ2v) is 10.4. The van der Waals surface area contributed by atoms with Crippen LogP contribution in [0, 0.1) is 0 Å². The largest absolute Gasteiger partial charge is 0.380 e. The van der Waals surface area contributed by atoms with E-state index >= 15 is 0 Å². The van der Waals surface area contributed by atoms with Crippen molar-refractivity contribution in [1.82, 2.24) is 29.3 Å². The predicted molar refractivity (Wildman–Crippen MR) is 145 cm³/mol. The van der Waals surface area contributed by atoms with Gasteiger partial charge in [0.25, 0.3) is 5.91 Å². The summed E-state index contributed by atoms with van der Waals surface area (Å²) in [5.41, 5.74) is 11.6. The summed E-state index contributed by atoms with van der Waals surface area (Å²) in [6, 6.07) is 11.3. The highest BCUT2D eigenvalue weighted by Crippen LogP contribution is 2.33. The average molecular weight is 495 g/mol. The molecule has 0 fully saturated rings. The zero-order chi connectivity index (χ0) is 26.3. The number of nitrogens with one attached hydrogen (secondary N) is 1. The normalized spacial score (nSPS) is 11.8. The first-order valence-electron chi connectivity index (χ1n) is 12.2. The number of primary amides is 1. The summed E-state index contributed by atoms with van der Waals surface area (Å²) in [6.45, 7) is 10.3. The predicted octanol–water partition coefficient (Wildman–Crippen LogP) is 5.10. The summed E-state index contributed by atoms with van der Waals surface area (Å²) in [4.78, 5) is 25.6. The standard InChI is InChI=1S/C28H30N8O/c1-17(2)25-24-23(35-15-22(32-16-35)18-7-6-11-30-14-18)10-12-31-27(24)36(34-25)19-8-9-20(26(29)37)21(13-19)33-28(3,4)5/h6-17,33H,1-5H3,(H2,29,37). The SMILES string of the molecule is CC(C)c1nn(-c2ccc(C(N)=O)c(NC(C)(C)C)c2)c2nccc(-n3cnc(-c4cccnc4)c3)c12. The Bertz CT molecular complexity index is 1590. The van der Waals surface area contributed by atoms with Crippen molar-refractivity contribution >= 4 is 22.6 Å². The molecular formula is C28H30N8O. The maximum absolute atomic E-state index is 12.1. The van der Waals surface area contributed by atoms with Gasteiger partial charge in [0.2, 0.25) is 0 Å². The van der Waals surface area contributed by atoms with Crippen LogP contribution in [0.5, 0.6) is 0 Å². The van der Waals surface area contributed by atoms with Gasteiger partial charge in [0, 0.05) is 41.6 Å². The molecule has 9 heteroatoms. The molecule has 0 spiro atoms. The summed E-state index contributed by atoms with van der Waals surface area (Å²) < 4.78 is 3.82. The summed E-state index contributed by atoms with van der Waals surface area (Å²) in [5.74, 6) is -0.346. The van der Waals surface area contributed by atoms with Crippen LogP contribution < -0.4 is 11.1 Å². The number of pyridine rings is 2. The molecule has 5 rings (SSSR count). The highest BCUT2D eigenvalue weighted by Gasteiger charge is 2.22. The van der Waals surface area contributed by atoms with Crippen LogP contribution in [0.1, 0.15) is 56.6 Å². The average Bonchev–Trinajstić information content (AvgIpc) is 3.49. The van der Waals surface area contributed by atoms with E-state index in [1.165, 1.54) is 0 Å². The molecule has 0 unspecified atom stereocenters. The lowest BCUT2D eigenvalue weighted by atomic mass is 10.1. The van der Waals surface area contributed by atoms with E-state index in [9.17, 15) is 4.79 Å². The fourth-order valence-electron chi connectivity index (χ4n) is 4.36. The van der Waals surface area contributed by atoms with Crippen LogP contribution in [-0.2, 0) is 0 Å².